The summed E-state index contributed by atoms with van der Waals surface area (Å²) in [5.41, 5.74) is 0.497. The van der Waals surface area contributed by atoms with Crippen molar-refractivity contribution in [3.63, 3.8) is 0 Å². The summed E-state index contributed by atoms with van der Waals surface area (Å²) in [6.45, 7) is 4.06. The number of ether oxygens (including phenoxy) is 1. The van der Waals surface area contributed by atoms with Crippen LogP contribution in [0.4, 0.5) is 0 Å². The van der Waals surface area contributed by atoms with Crippen LogP contribution in [0.3, 0.4) is 0 Å². The molecule has 0 saturated carbocycles. The first-order valence-corrected chi connectivity index (χ1v) is 7.70. The molecule has 0 bridgehead atoms. The summed E-state index contributed by atoms with van der Waals surface area (Å²) in [4.78, 5) is 17.6. The highest BCUT2D eigenvalue weighted by Gasteiger charge is 2.20. The second kappa shape index (κ2) is 6.15. The van der Waals surface area contributed by atoms with Crippen LogP contribution in [0.5, 0.6) is 0 Å². The van der Waals surface area contributed by atoms with Gasteiger partial charge in [0.05, 0.1) is 6.54 Å². The molecule has 114 valence electrons. The Morgan fingerprint density at radius 1 is 1.45 bits per heavy atom. The Morgan fingerprint density at radius 3 is 3.00 bits per heavy atom. The molecule has 0 unspecified atom stereocenters. The van der Waals surface area contributed by atoms with Crippen molar-refractivity contribution >= 4 is 17.3 Å². The van der Waals surface area contributed by atoms with Crippen molar-refractivity contribution in [3.05, 3.63) is 58.1 Å². The van der Waals surface area contributed by atoms with Gasteiger partial charge in [-0.1, -0.05) is 11.2 Å². The molecular formula is C15H15N3O3S. The third-order valence-corrected chi connectivity index (χ3v) is 3.98. The van der Waals surface area contributed by atoms with Crippen molar-refractivity contribution in [1.82, 2.24) is 14.7 Å². The van der Waals surface area contributed by atoms with Gasteiger partial charge < -0.3 is 13.8 Å². The maximum absolute atomic E-state index is 12.3. The van der Waals surface area contributed by atoms with Gasteiger partial charge in [-0.3, -0.25) is 0 Å². The van der Waals surface area contributed by atoms with Gasteiger partial charge in [0.2, 0.25) is 0 Å². The summed E-state index contributed by atoms with van der Waals surface area (Å²) in [5, 5.41) is 5.70. The number of hydrogen-bond acceptors (Lipinski definition) is 6. The van der Waals surface area contributed by atoms with Crippen LogP contribution in [-0.2, 0) is 11.3 Å². The van der Waals surface area contributed by atoms with E-state index in [-0.39, 0.29) is 0 Å². The van der Waals surface area contributed by atoms with E-state index in [4.69, 9.17) is 9.26 Å². The van der Waals surface area contributed by atoms with Crippen LogP contribution in [0.2, 0.25) is 0 Å². The Labute approximate surface area is 131 Å². The molecule has 7 heteroatoms. The smallest absolute Gasteiger partial charge is 0.355 e. The maximum atomic E-state index is 12.3. The Bertz CT molecular complexity index is 761. The molecule has 0 aromatic carbocycles. The number of carbonyl (C=O) groups is 1. The zero-order chi connectivity index (χ0) is 15.5. The van der Waals surface area contributed by atoms with Crippen molar-refractivity contribution in [2.24, 2.45) is 0 Å². The highest BCUT2D eigenvalue weighted by molar-refractivity contribution is 7.09. The number of rotatable bonds is 5. The number of nitrogens with zero attached hydrogens (tertiary/aromatic N) is 3. The molecule has 1 atom stereocenters. The predicted octanol–water partition coefficient (Wildman–Crippen LogP) is 3.21. The fourth-order valence-electron chi connectivity index (χ4n) is 2.06. The molecule has 0 spiro atoms. The minimum Gasteiger partial charge on any atom is -0.448 e. The third-order valence-electron chi connectivity index (χ3n) is 3.12. The molecular weight excluding hydrogens is 302 g/mol. The summed E-state index contributed by atoms with van der Waals surface area (Å²) in [6, 6.07) is 7.58. The topological polar surface area (TPSA) is 70.2 Å². The highest BCUT2D eigenvalue weighted by Crippen LogP contribution is 2.18. The van der Waals surface area contributed by atoms with Crippen LogP contribution in [0.25, 0.3) is 0 Å². The van der Waals surface area contributed by atoms with E-state index in [9.17, 15) is 4.79 Å². The maximum Gasteiger partial charge on any atom is 0.355 e. The Balaban J connectivity index is 1.71. The zero-order valence-corrected chi connectivity index (χ0v) is 13.0. The first kappa shape index (κ1) is 14.5. The second-order valence-electron chi connectivity index (χ2n) is 4.83. The highest BCUT2D eigenvalue weighted by atomic mass is 32.1. The third kappa shape index (κ3) is 3.09. The number of aryl methyl sites for hydroxylation is 1. The quantitative estimate of drug-likeness (QED) is 0.676. The van der Waals surface area contributed by atoms with Crippen LogP contribution in [-0.4, -0.2) is 20.7 Å². The van der Waals surface area contributed by atoms with Crippen molar-refractivity contribution in [2.45, 2.75) is 26.5 Å². The van der Waals surface area contributed by atoms with Crippen LogP contribution >= 0.6 is 11.3 Å². The van der Waals surface area contributed by atoms with Gasteiger partial charge in [0.1, 0.15) is 5.69 Å². The fourth-order valence-corrected chi connectivity index (χ4v) is 2.76. The summed E-state index contributed by atoms with van der Waals surface area (Å²) in [6.07, 6.45) is 1.27. The van der Waals surface area contributed by atoms with Crippen molar-refractivity contribution in [2.75, 3.05) is 0 Å². The van der Waals surface area contributed by atoms with E-state index in [1.54, 1.807) is 31.3 Å². The molecule has 3 aromatic heterocycles. The van der Waals surface area contributed by atoms with Crippen LogP contribution in [0.1, 0.15) is 40.1 Å². The van der Waals surface area contributed by atoms with Gasteiger partial charge in [0, 0.05) is 11.1 Å². The lowest BCUT2D eigenvalue weighted by Gasteiger charge is -2.11. The minimum atomic E-state index is -0.584. The van der Waals surface area contributed by atoms with Gasteiger partial charge in [-0.25, -0.2) is 4.79 Å². The molecule has 0 amide bonds. The second-order valence-corrected chi connectivity index (χ2v) is 5.86. The summed E-state index contributed by atoms with van der Waals surface area (Å²) < 4.78 is 12.3. The summed E-state index contributed by atoms with van der Waals surface area (Å²) in [5.74, 6) is 0.395. The molecule has 0 aliphatic carbocycles. The molecule has 0 fully saturated rings. The summed E-state index contributed by atoms with van der Waals surface area (Å²) >= 11 is 1.65. The number of hydrogen-bond donors (Lipinski definition) is 0. The zero-order valence-electron chi connectivity index (χ0n) is 12.2. The molecule has 3 rings (SSSR count). The minimum absolute atomic E-state index is 0.294. The van der Waals surface area contributed by atoms with E-state index in [1.807, 2.05) is 34.3 Å². The fraction of sp³-hybridized carbons (Fsp3) is 0.267. The average Bonchev–Trinajstić information content (AvgIpc) is 3.20. The lowest BCUT2D eigenvalue weighted by Crippen LogP contribution is -2.14. The Hall–Kier alpha value is -2.41. The standard InChI is InChI=1S/C15H15N3O3S/c1-10(14-16-11(2)17-21-14)20-15(19)13-6-3-7-18(13)9-12-5-4-8-22-12/h3-8,10H,9H2,1-2H3/t10-/m0/s1. The van der Waals surface area contributed by atoms with E-state index < -0.39 is 12.1 Å². The van der Waals surface area contributed by atoms with Crippen LogP contribution in [0, 0.1) is 6.92 Å². The molecule has 0 N–H and O–H groups in total. The molecule has 0 radical (unpaired) electrons. The number of thiophene rings is 1. The Morgan fingerprint density at radius 2 is 2.32 bits per heavy atom. The van der Waals surface area contributed by atoms with E-state index in [2.05, 4.69) is 10.1 Å². The van der Waals surface area contributed by atoms with E-state index in [0.717, 1.165) is 0 Å². The number of aromatic nitrogens is 3. The molecule has 0 aliphatic heterocycles. The average molecular weight is 317 g/mol. The first-order valence-electron chi connectivity index (χ1n) is 6.82. The Kier molecular flexibility index (Phi) is 4.06. The molecule has 6 nitrogen and oxygen atoms in total. The van der Waals surface area contributed by atoms with Gasteiger partial charge in [0.25, 0.3) is 5.89 Å². The summed E-state index contributed by atoms with van der Waals surface area (Å²) in [7, 11) is 0. The molecule has 0 saturated heterocycles. The van der Waals surface area contributed by atoms with E-state index in [1.165, 1.54) is 4.88 Å². The van der Waals surface area contributed by atoms with Gasteiger partial charge >= 0.3 is 5.97 Å². The van der Waals surface area contributed by atoms with Gasteiger partial charge in [0.15, 0.2) is 11.9 Å². The van der Waals surface area contributed by atoms with Crippen molar-refractivity contribution in [1.29, 1.82) is 0 Å². The van der Waals surface area contributed by atoms with Gasteiger partial charge in [-0.2, -0.15) is 4.98 Å². The lowest BCUT2D eigenvalue weighted by atomic mass is 10.3. The normalized spacial score (nSPS) is 12.3. The van der Waals surface area contributed by atoms with Gasteiger partial charge in [-0.15, -0.1) is 11.3 Å². The predicted molar refractivity (Wildman–Crippen MR) is 80.7 cm³/mol. The molecule has 0 aliphatic rings. The van der Waals surface area contributed by atoms with Crippen LogP contribution in [0.15, 0.2) is 40.4 Å². The van der Waals surface area contributed by atoms with Crippen LogP contribution < -0.4 is 0 Å². The lowest BCUT2D eigenvalue weighted by molar-refractivity contribution is 0.0253. The number of esters is 1. The van der Waals surface area contributed by atoms with Crippen molar-refractivity contribution in [3.8, 4) is 0 Å². The number of carbonyl (C=O) groups excluding carboxylic acids is 1. The molecule has 22 heavy (non-hydrogen) atoms. The van der Waals surface area contributed by atoms with E-state index in [0.29, 0.717) is 24.0 Å². The first-order chi connectivity index (χ1) is 10.6. The monoisotopic (exact) mass is 317 g/mol. The molecule has 3 aromatic rings. The van der Waals surface area contributed by atoms with Crippen molar-refractivity contribution < 1.29 is 14.1 Å². The largest absolute Gasteiger partial charge is 0.448 e. The van der Waals surface area contributed by atoms with E-state index >= 15 is 0 Å². The molecule has 3 heterocycles. The van der Waals surface area contributed by atoms with Gasteiger partial charge in [-0.05, 0) is 37.4 Å². The SMILES string of the molecule is Cc1noc([C@H](C)OC(=O)c2cccn2Cc2cccs2)n1.